The van der Waals surface area contributed by atoms with Gasteiger partial charge < -0.3 is 10.1 Å². The van der Waals surface area contributed by atoms with Gasteiger partial charge in [-0.05, 0) is 37.6 Å². The molecule has 0 saturated heterocycles. The minimum absolute atomic E-state index is 0.0885. The molecule has 0 aliphatic rings. The Labute approximate surface area is 157 Å². The summed E-state index contributed by atoms with van der Waals surface area (Å²) in [6, 6.07) is 3.18. The molecule has 2 heterocycles. The van der Waals surface area contributed by atoms with E-state index in [1.54, 1.807) is 6.92 Å². The lowest BCUT2D eigenvalue weighted by Gasteiger charge is -2.15. The summed E-state index contributed by atoms with van der Waals surface area (Å²) in [5.41, 5.74) is 0.937. The van der Waals surface area contributed by atoms with Crippen molar-refractivity contribution < 1.29 is 31.9 Å². The van der Waals surface area contributed by atoms with Gasteiger partial charge >= 0.3 is 6.18 Å². The summed E-state index contributed by atoms with van der Waals surface area (Å²) >= 11 is 0. The number of alkyl halides is 3. The van der Waals surface area contributed by atoms with E-state index in [1.807, 2.05) is 0 Å². The van der Waals surface area contributed by atoms with Crippen molar-refractivity contribution in [3.63, 3.8) is 0 Å². The molecule has 0 aromatic carbocycles. The molecule has 0 bridgehead atoms. The molecule has 1 N–H and O–H groups in total. The Morgan fingerprint density at radius 1 is 1.25 bits per heavy atom. The Morgan fingerprint density at radius 2 is 1.96 bits per heavy atom. The molecule has 0 aliphatic carbocycles. The molecule has 0 fully saturated rings. The van der Waals surface area contributed by atoms with Gasteiger partial charge in [0.2, 0.25) is 0 Å². The van der Waals surface area contributed by atoms with E-state index < -0.39 is 36.4 Å². The van der Waals surface area contributed by atoms with Crippen LogP contribution >= 0.6 is 0 Å². The average Bonchev–Trinajstić information content (AvgIpc) is 2.59. The molecule has 1 unspecified atom stereocenters. The minimum atomic E-state index is -4.61. The van der Waals surface area contributed by atoms with Crippen LogP contribution in [0.1, 0.15) is 41.5 Å². The molecular formula is C18H17F4N3O3. The molecular weight excluding hydrogens is 382 g/mol. The van der Waals surface area contributed by atoms with Crippen molar-refractivity contribution >= 4 is 11.7 Å². The highest BCUT2D eigenvalue weighted by molar-refractivity contribution is 5.94. The molecule has 2 aromatic heterocycles. The maximum atomic E-state index is 13.9. The number of carbonyl (C=O) groups excluding carboxylic acids is 2. The topological polar surface area (TPSA) is 81.2 Å². The van der Waals surface area contributed by atoms with Crippen LogP contribution in [0.2, 0.25) is 0 Å². The Hall–Kier alpha value is -3.04. The van der Waals surface area contributed by atoms with Crippen LogP contribution in [0.5, 0.6) is 5.88 Å². The molecule has 0 spiro atoms. The van der Waals surface area contributed by atoms with Gasteiger partial charge in [-0.2, -0.15) is 13.2 Å². The average molecular weight is 399 g/mol. The number of pyridine rings is 2. The smallest absolute Gasteiger partial charge is 0.422 e. The molecule has 150 valence electrons. The molecule has 0 radical (unpaired) electrons. The number of carbonyl (C=O) groups is 2. The van der Waals surface area contributed by atoms with Gasteiger partial charge in [0, 0.05) is 30.1 Å². The molecule has 2 aromatic rings. The van der Waals surface area contributed by atoms with Crippen molar-refractivity contribution in [1.29, 1.82) is 0 Å². The van der Waals surface area contributed by atoms with Gasteiger partial charge in [-0.3, -0.25) is 14.6 Å². The number of rotatable bonds is 7. The zero-order chi connectivity index (χ0) is 20.9. The fraction of sp³-hybridized carbons (Fsp3) is 0.333. The Bertz CT molecular complexity index is 871. The third kappa shape index (κ3) is 6.29. The molecule has 6 nitrogen and oxygen atoms in total. The van der Waals surface area contributed by atoms with E-state index in [-0.39, 0.29) is 23.3 Å². The number of nitrogens with zero attached hydrogens (tertiary/aromatic N) is 2. The maximum Gasteiger partial charge on any atom is 0.422 e. The van der Waals surface area contributed by atoms with Gasteiger partial charge in [0.1, 0.15) is 5.78 Å². The largest absolute Gasteiger partial charge is 0.466 e. The number of ketones is 1. The number of aromatic nitrogens is 2. The number of nitrogens with one attached hydrogen (secondary N) is 1. The van der Waals surface area contributed by atoms with E-state index in [0.29, 0.717) is 5.69 Å². The van der Waals surface area contributed by atoms with Crippen LogP contribution in [0.25, 0.3) is 0 Å². The first-order chi connectivity index (χ1) is 13.0. The highest BCUT2D eigenvalue weighted by Crippen LogP contribution is 2.22. The summed E-state index contributed by atoms with van der Waals surface area (Å²) in [7, 11) is 0. The molecule has 0 saturated carbocycles. The lowest BCUT2D eigenvalue weighted by atomic mass is 10.1. The third-order valence-electron chi connectivity index (χ3n) is 3.56. The maximum absolute atomic E-state index is 13.9. The number of amides is 1. The SMILES string of the molecule is CC(=O)Cc1cc(C(=O)NC(C)c2cnc(OCC(F)(F)F)c(F)c2)ccn1. The first-order valence-corrected chi connectivity index (χ1v) is 8.15. The third-order valence-corrected chi connectivity index (χ3v) is 3.56. The van der Waals surface area contributed by atoms with Crippen LogP contribution in [0.4, 0.5) is 17.6 Å². The highest BCUT2D eigenvalue weighted by atomic mass is 19.4. The molecule has 28 heavy (non-hydrogen) atoms. The van der Waals surface area contributed by atoms with E-state index in [1.165, 1.54) is 25.3 Å². The summed E-state index contributed by atoms with van der Waals surface area (Å²) < 4.78 is 54.6. The predicted octanol–water partition coefficient (Wildman–Crippen LogP) is 3.18. The van der Waals surface area contributed by atoms with Gasteiger partial charge in [-0.1, -0.05) is 0 Å². The number of hydrogen-bond acceptors (Lipinski definition) is 5. The van der Waals surface area contributed by atoms with E-state index >= 15 is 0 Å². The van der Waals surface area contributed by atoms with Crippen LogP contribution in [0.3, 0.4) is 0 Å². The zero-order valence-corrected chi connectivity index (χ0v) is 15.0. The van der Waals surface area contributed by atoms with E-state index in [0.717, 1.165) is 12.3 Å². The van der Waals surface area contributed by atoms with Crippen LogP contribution in [0.15, 0.2) is 30.6 Å². The summed E-state index contributed by atoms with van der Waals surface area (Å²) in [6.45, 7) is 1.30. The standard InChI is InChI=1S/C18H17F4N3O3/c1-10(26)5-14-6-12(3-4-23-14)16(27)25-11(2)13-7-15(19)17(24-8-13)28-9-18(20,21)22/h3-4,6-8,11H,5,9H2,1-2H3,(H,25,27). The fourth-order valence-corrected chi connectivity index (χ4v) is 2.27. The zero-order valence-electron chi connectivity index (χ0n) is 15.0. The van der Waals surface area contributed by atoms with Crippen molar-refractivity contribution in [3.05, 3.63) is 53.2 Å². The number of Topliss-reactive ketones (excluding diaryl/α,β-unsaturated/α-hetero) is 1. The number of halogens is 4. The van der Waals surface area contributed by atoms with Gasteiger partial charge in [0.05, 0.1) is 6.04 Å². The van der Waals surface area contributed by atoms with E-state index in [2.05, 4.69) is 20.0 Å². The lowest BCUT2D eigenvalue weighted by molar-refractivity contribution is -0.154. The monoisotopic (exact) mass is 399 g/mol. The fourth-order valence-electron chi connectivity index (χ4n) is 2.27. The van der Waals surface area contributed by atoms with Crippen LogP contribution in [-0.4, -0.2) is 34.4 Å². The van der Waals surface area contributed by atoms with E-state index in [4.69, 9.17) is 0 Å². The number of hydrogen-bond donors (Lipinski definition) is 1. The normalized spacial score (nSPS) is 12.4. The van der Waals surface area contributed by atoms with E-state index in [9.17, 15) is 27.2 Å². The Morgan fingerprint density at radius 3 is 2.57 bits per heavy atom. The highest BCUT2D eigenvalue weighted by Gasteiger charge is 2.29. The van der Waals surface area contributed by atoms with Crippen LogP contribution in [0, 0.1) is 5.82 Å². The van der Waals surface area contributed by atoms with Crippen LogP contribution < -0.4 is 10.1 Å². The molecule has 1 amide bonds. The second kappa shape index (κ2) is 8.77. The van der Waals surface area contributed by atoms with Crippen LogP contribution in [-0.2, 0) is 11.2 Å². The van der Waals surface area contributed by atoms with Gasteiger partial charge in [0.15, 0.2) is 12.4 Å². The van der Waals surface area contributed by atoms with Crippen molar-refractivity contribution in [3.8, 4) is 5.88 Å². The first kappa shape index (κ1) is 21.3. The van der Waals surface area contributed by atoms with Gasteiger partial charge in [-0.15, -0.1) is 0 Å². The van der Waals surface area contributed by atoms with Crippen molar-refractivity contribution in [2.75, 3.05) is 6.61 Å². The van der Waals surface area contributed by atoms with Crippen molar-refractivity contribution in [2.45, 2.75) is 32.5 Å². The molecule has 0 aliphatic heterocycles. The summed E-state index contributed by atoms with van der Waals surface area (Å²) in [6.07, 6.45) is -2.01. The van der Waals surface area contributed by atoms with Gasteiger partial charge in [-0.25, -0.2) is 9.37 Å². The summed E-state index contributed by atoms with van der Waals surface area (Å²) in [5.74, 6) is -2.44. The summed E-state index contributed by atoms with van der Waals surface area (Å²) in [5, 5.41) is 2.62. The molecule has 2 rings (SSSR count). The van der Waals surface area contributed by atoms with Crippen molar-refractivity contribution in [2.24, 2.45) is 0 Å². The molecule has 1 atom stereocenters. The second-order valence-corrected chi connectivity index (χ2v) is 6.07. The Kier molecular flexibility index (Phi) is 6.66. The summed E-state index contributed by atoms with van der Waals surface area (Å²) in [4.78, 5) is 31.0. The van der Waals surface area contributed by atoms with Gasteiger partial charge in [0.25, 0.3) is 11.8 Å². The first-order valence-electron chi connectivity index (χ1n) is 8.15. The minimum Gasteiger partial charge on any atom is -0.466 e. The molecule has 10 heteroatoms. The predicted molar refractivity (Wildman–Crippen MR) is 90.2 cm³/mol. The number of ether oxygens (including phenoxy) is 1. The quantitative estimate of drug-likeness (QED) is 0.724. The lowest BCUT2D eigenvalue weighted by Crippen LogP contribution is -2.27. The van der Waals surface area contributed by atoms with Crippen molar-refractivity contribution in [1.82, 2.24) is 15.3 Å². The second-order valence-electron chi connectivity index (χ2n) is 6.07. The Balaban J connectivity index is 2.06.